The second-order valence-corrected chi connectivity index (χ2v) is 4.46. The summed E-state index contributed by atoms with van der Waals surface area (Å²) in [4.78, 5) is 36.7. The summed E-state index contributed by atoms with van der Waals surface area (Å²) in [6.45, 7) is 0. The molecule has 3 aromatic rings. The van der Waals surface area contributed by atoms with E-state index in [1.54, 1.807) is 12.1 Å². The van der Waals surface area contributed by atoms with Crippen molar-refractivity contribution in [2.45, 2.75) is 0 Å². The van der Waals surface area contributed by atoms with E-state index in [1.165, 1.54) is 37.4 Å². The van der Waals surface area contributed by atoms with Crippen molar-refractivity contribution in [2.75, 3.05) is 7.11 Å². The van der Waals surface area contributed by atoms with E-state index in [0.29, 0.717) is 5.75 Å². The zero-order valence-electron chi connectivity index (χ0n) is 11.1. The highest BCUT2D eigenvalue weighted by atomic mass is 16.5. The second kappa shape index (κ2) is 4.86. The Hall–Kier alpha value is -2.95. The summed E-state index contributed by atoms with van der Waals surface area (Å²) < 4.78 is 10.3. The van der Waals surface area contributed by atoms with Gasteiger partial charge in [0.05, 0.1) is 17.9 Å². The Morgan fingerprint density at radius 1 is 0.857 bits per heavy atom. The average molecular weight is 282 g/mol. The molecule has 0 bridgehead atoms. The fourth-order valence-electron chi connectivity index (χ4n) is 2.16. The normalized spacial score (nSPS) is 10.7. The third-order valence-corrected chi connectivity index (χ3v) is 3.23. The summed E-state index contributed by atoms with van der Waals surface area (Å²) in [5.74, 6) is 0.427. The van der Waals surface area contributed by atoms with E-state index in [-0.39, 0.29) is 21.7 Å². The van der Waals surface area contributed by atoms with Crippen molar-refractivity contribution < 1.29 is 9.15 Å². The first-order valence-corrected chi connectivity index (χ1v) is 6.20. The van der Waals surface area contributed by atoms with Crippen molar-refractivity contribution in [3.63, 3.8) is 0 Å². The van der Waals surface area contributed by atoms with Crippen LogP contribution in [0.1, 0.15) is 0 Å². The number of methoxy groups -OCH3 is 1. The molecule has 0 N–H and O–H groups in total. The van der Waals surface area contributed by atoms with Gasteiger partial charge in [-0.2, -0.15) is 0 Å². The lowest BCUT2D eigenvalue weighted by Crippen LogP contribution is -2.23. The highest BCUT2D eigenvalue weighted by molar-refractivity contribution is 5.84. The first-order chi connectivity index (χ1) is 10.1. The lowest BCUT2D eigenvalue weighted by Gasteiger charge is -1.99. The second-order valence-electron chi connectivity index (χ2n) is 4.46. The Morgan fingerprint density at radius 2 is 1.52 bits per heavy atom. The maximum Gasteiger partial charge on any atom is 0.344 e. The molecule has 0 aliphatic rings. The van der Waals surface area contributed by atoms with Crippen molar-refractivity contribution in [1.82, 2.24) is 0 Å². The fraction of sp³-hybridized carbons (Fsp3) is 0.0625. The minimum Gasteiger partial charge on any atom is -0.497 e. The molecular weight excluding hydrogens is 272 g/mol. The van der Waals surface area contributed by atoms with Crippen LogP contribution in [0.5, 0.6) is 5.75 Å². The molecule has 5 heteroatoms. The smallest absolute Gasteiger partial charge is 0.344 e. The number of hydrogen-bond acceptors (Lipinski definition) is 5. The van der Waals surface area contributed by atoms with Gasteiger partial charge in [0, 0.05) is 11.5 Å². The summed E-state index contributed by atoms with van der Waals surface area (Å²) >= 11 is 0. The van der Waals surface area contributed by atoms with Crippen LogP contribution >= 0.6 is 0 Å². The minimum atomic E-state index is -0.728. The molecule has 104 valence electrons. The van der Waals surface area contributed by atoms with Crippen LogP contribution in [0.25, 0.3) is 21.7 Å². The third kappa shape index (κ3) is 2.08. The van der Waals surface area contributed by atoms with Crippen LogP contribution in [0.15, 0.2) is 61.3 Å². The van der Waals surface area contributed by atoms with Gasteiger partial charge in [0.15, 0.2) is 0 Å². The molecule has 0 spiro atoms. The van der Waals surface area contributed by atoms with E-state index in [4.69, 9.17) is 9.15 Å². The van der Waals surface area contributed by atoms with Gasteiger partial charge >= 0.3 is 5.63 Å². The van der Waals surface area contributed by atoms with E-state index in [0.717, 1.165) is 0 Å². The topological polar surface area (TPSA) is 73.6 Å². The van der Waals surface area contributed by atoms with Gasteiger partial charge in [-0.05, 0) is 18.2 Å². The zero-order valence-corrected chi connectivity index (χ0v) is 11.1. The molecule has 0 unspecified atom stereocenters. The van der Waals surface area contributed by atoms with Crippen LogP contribution in [0.2, 0.25) is 0 Å². The van der Waals surface area contributed by atoms with Crippen LogP contribution in [0.3, 0.4) is 0 Å². The predicted molar refractivity (Wildman–Crippen MR) is 79.1 cm³/mol. The zero-order chi connectivity index (χ0) is 15.0. The van der Waals surface area contributed by atoms with Crippen molar-refractivity contribution in [3.8, 4) is 5.75 Å². The summed E-state index contributed by atoms with van der Waals surface area (Å²) in [5, 5.41) is 0.168. The number of benzene rings is 2. The Bertz CT molecular complexity index is 1030. The Kier molecular flexibility index (Phi) is 3.02. The SMILES string of the molecule is COc1ccc2c(=O)c(=O)c3ccccc3c(=O)oc2c1. The van der Waals surface area contributed by atoms with Crippen molar-refractivity contribution in [3.05, 3.63) is 73.3 Å². The monoisotopic (exact) mass is 282 g/mol. The van der Waals surface area contributed by atoms with Crippen molar-refractivity contribution >= 4 is 21.7 Å². The van der Waals surface area contributed by atoms with Gasteiger partial charge in [-0.3, -0.25) is 9.59 Å². The van der Waals surface area contributed by atoms with E-state index in [9.17, 15) is 14.4 Å². The highest BCUT2D eigenvalue weighted by Gasteiger charge is 2.08. The number of hydrogen-bond donors (Lipinski definition) is 0. The Morgan fingerprint density at radius 3 is 2.24 bits per heavy atom. The summed E-state index contributed by atoms with van der Waals surface area (Å²) in [5.41, 5.74) is -2.10. The molecule has 5 nitrogen and oxygen atoms in total. The van der Waals surface area contributed by atoms with Gasteiger partial charge in [-0.15, -0.1) is 0 Å². The number of fused-ring (bicyclic) bond motifs is 2. The summed E-state index contributed by atoms with van der Waals surface area (Å²) in [6, 6.07) is 10.4. The van der Waals surface area contributed by atoms with E-state index in [2.05, 4.69) is 0 Å². The van der Waals surface area contributed by atoms with Crippen LogP contribution in [0.4, 0.5) is 0 Å². The number of rotatable bonds is 1. The fourth-order valence-corrected chi connectivity index (χ4v) is 2.16. The molecule has 0 fully saturated rings. The van der Waals surface area contributed by atoms with E-state index >= 15 is 0 Å². The molecule has 1 aromatic heterocycles. The third-order valence-electron chi connectivity index (χ3n) is 3.23. The maximum absolute atomic E-state index is 12.3. The Balaban J connectivity index is 2.68. The molecule has 0 atom stereocenters. The first kappa shape index (κ1) is 13.1. The molecule has 0 amide bonds. The van der Waals surface area contributed by atoms with Gasteiger partial charge in [-0.25, -0.2) is 4.79 Å². The van der Waals surface area contributed by atoms with E-state index in [1.807, 2.05) is 0 Å². The van der Waals surface area contributed by atoms with Crippen molar-refractivity contribution in [2.24, 2.45) is 0 Å². The number of ether oxygens (including phenoxy) is 1. The average Bonchev–Trinajstić information content (AvgIpc) is 2.52. The lowest BCUT2D eigenvalue weighted by molar-refractivity contribution is 0.414. The molecular formula is C16H10O5. The molecule has 2 aromatic carbocycles. The summed E-state index contributed by atoms with van der Waals surface area (Å²) in [6.07, 6.45) is 0. The largest absolute Gasteiger partial charge is 0.497 e. The van der Waals surface area contributed by atoms with Gasteiger partial charge in [0.25, 0.3) is 0 Å². The molecule has 0 saturated carbocycles. The quantitative estimate of drug-likeness (QED) is 0.635. The first-order valence-electron chi connectivity index (χ1n) is 6.20. The molecule has 21 heavy (non-hydrogen) atoms. The lowest BCUT2D eigenvalue weighted by atomic mass is 10.1. The van der Waals surface area contributed by atoms with Gasteiger partial charge in [0.1, 0.15) is 11.3 Å². The summed E-state index contributed by atoms with van der Waals surface area (Å²) in [7, 11) is 1.45. The van der Waals surface area contributed by atoms with E-state index < -0.39 is 16.5 Å². The van der Waals surface area contributed by atoms with Gasteiger partial charge < -0.3 is 9.15 Å². The standard InChI is InChI=1S/C16H10O5/c1-20-9-6-7-12-13(8-9)21-16(19)11-5-3-2-4-10(11)14(17)15(12)18/h2-8H,1H3. The molecule has 0 radical (unpaired) electrons. The van der Waals surface area contributed by atoms with Crippen molar-refractivity contribution in [1.29, 1.82) is 0 Å². The van der Waals surface area contributed by atoms with Gasteiger partial charge in [-0.1, -0.05) is 18.2 Å². The van der Waals surface area contributed by atoms with Crippen LogP contribution in [-0.2, 0) is 0 Å². The molecule has 0 aliphatic carbocycles. The molecule has 3 rings (SSSR count). The molecule has 0 aliphatic heterocycles. The molecule has 0 saturated heterocycles. The Labute approximate surface area is 118 Å². The maximum atomic E-state index is 12.3. The van der Waals surface area contributed by atoms with Crippen LogP contribution in [0, 0.1) is 0 Å². The van der Waals surface area contributed by atoms with Crippen LogP contribution < -0.4 is 21.2 Å². The van der Waals surface area contributed by atoms with Crippen LogP contribution in [-0.4, -0.2) is 7.11 Å². The highest BCUT2D eigenvalue weighted by Crippen LogP contribution is 2.16. The predicted octanol–water partition coefficient (Wildman–Crippen LogP) is 1.68. The molecule has 1 heterocycles. The van der Waals surface area contributed by atoms with Gasteiger partial charge in [0.2, 0.25) is 10.9 Å². The minimum absolute atomic E-state index is 0.0206.